The van der Waals surface area contributed by atoms with Crippen molar-refractivity contribution in [3.63, 3.8) is 0 Å². The lowest BCUT2D eigenvalue weighted by atomic mass is 9.85. The van der Waals surface area contributed by atoms with Crippen LogP contribution in [0.5, 0.6) is 0 Å². The quantitative estimate of drug-likeness (QED) is 0.810. The number of amides is 1. The highest BCUT2D eigenvalue weighted by atomic mass is 16.5. The average Bonchev–Trinajstić information content (AvgIpc) is 2.31. The standard InChI is InChI=1S/C14H17NO3/c1-9(16)15-13-8-7-11-5-3-4-6-12(11)14(13)18-10(2)17/h3-6,13-14H,7-8H2,1-2H3,(H,15,16)/t13-,14+/m0/s1. The van der Waals surface area contributed by atoms with Gasteiger partial charge in [-0.05, 0) is 24.0 Å². The van der Waals surface area contributed by atoms with Gasteiger partial charge in [0.1, 0.15) is 6.10 Å². The summed E-state index contributed by atoms with van der Waals surface area (Å²) in [6, 6.07) is 7.75. The van der Waals surface area contributed by atoms with Crippen LogP contribution in [0.1, 0.15) is 37.5 Å². The van der Waals surface area contributed by atoms with E-state index in [9.17, 15) is 9.59 Å². The molecule has 1 aromatic rings. The van der Waals surface area contributed by atoms with Crippen molar-refractivity contribution in [2.75, 3.05) is 0 Å². The lowest BCUT2D eigenvalue weighted by Crippen LogP contribution is -2.42. The SMILES string of the molecule is CC(=O)N[C@H]1CCc2ccccc2[C@H]1OC(C)=O. The van der Waals surface area contributed by atoms with E-state index in [2.05, 4.69) is 5.32 Å². The fourth-order valence-electron chi connectivity index (χ4n) is 2.45. The first kappa shape index (κ1) is 12.6. The normalized spacial score (nSPS) is 21.9. The van der Waals surface area contributed by atoms with Gasteiger partial charge in [-0.15, -0.1) is 0 Å². The Hall–Kier alpha value is -1.84. The summed E-state index contributed by atoms with van der Waals surface area (Å²) in [5.41, 5.74) is 2.18. The fraction of sp³-hybridized carbons (Fsp3) is 0.429. The minimum Gasteiger partial charge on any atom is -0.455 e. The van der Waals surface area contributed by atoms with Gasteiger partial charge in [0.15, 0.2) is 0 Å². The van der Waals surface area contributed by atoms with Gasteiger partial charge in [-0.25, -0.2) is 0 Å². The van der Waals surface area contributed by atoms with E-state index < -0.39 is 0 Å². The Bertz CT molecular complexity index is 470. The number of ether oxygens (including phenoxy) is 1. The van der Waals surface area contributed by atoms with Crippen LogP contribution in [-0.2, 0) is 20.7 Å². The maximum atomic E-state index is 11.2. The van der Waals surface area contributed by atoms with Crippen LogP contribution >= 0.6 is 0 Å². The van der Waals surface area contributed by atoms with Gasteiger partial charge in [0.05, 0.1) is 6.04 Å². The molecule has 1 aliphatic rings. The highest BCUT2D eigenvalue weighted by Crippen LogP contribution is 2.32. The van der Waals surface area contributed by atoms with Crippen LogP contribution in [-0.4, -0.2) is 17.9 Å². The molecule has 0 unspecified atom stereocenters. The zero-order valence-corrected chi connectivity index (χ0v) is 10.6. The molecule has 1 aromatic carbocycles. The second-order valence-electron chi connectivity index (χ2n) is 4.57. The van der Waals surface area contributed by atoms with Crippen molar-refractivity contribution in [3.05, 3.63) is 35.4 Å². The van der Waals surface area contributed by atoms with Crippen molar-refractivity contribution in [1.82, 2.24) is 5.32 Å². The molecule has 0 aliphatic heterocycles. The minimum absolute atomic E-state index is 0.100. The topological polar surface area (TPSA) is 55.4 Å². The third-order valence-electron chi connectivity index (χ3n) is 3.13. The molecule has 1 amide bonds. The summed E-state index contributed by atoms with van der Waals surface area (Å²) in [5, 5.41) is 2.86. The number of carbonyl (C=O) groups excluding carboxylic acids is 2. The van der Waals surface area contributed by atoms with Crippen molar-refractivity contribution in [3.8, 4) is 0 Å². The maximum Gasteiger partial charge on any atom is 0.303 e. The summed E-state index contributed by atoms with van der Waals surface area (Å²) >= 11 is 0. The van der Waals surface area contributed by atoms with E-state index in [1.54, 1.807) is 0 Å². The molecule has 0 aromatic heterocycles. The molecule has 96 valence electrons. The number of fused-ring (bicyclic) bond motifs is 1. The van der Waals surface area contributed by atoms with Gasteiger partial charge >= 0.3 is 5.97 Å². The summed E-state index contributed by atoms with van der Waals surface area (Å²) in [7, 11) is 0. The molecule has 0 radical (unpaired) electrons. The number of hydrogen-bond donors (Lipinski definition) is 1. The van der Waals surface area contributed by atoms with Crippen LogP contribution in [0.3, 0.4) is 0 Å². The largest absolute Gasteiger partial charge is 0.455 e. The van der Waals surface area contributed by atoms with Crippen LogP contribution in [0.2, 0.25) is 0 Å². The van der Waals surface area contributed by atoms with Gasteiger partial charge in [-0.3, -0.25) is 9.59 Å². The summed E-state index contributed by atoms with van der Waals surface area (Å²) in [6.07, 6.45) is 1.30. The smallest absolute Gasteiger partial charge is 0.303 e. The highest BCUT2D eigenvalue weighted by Gasteiger charge is 2.32. The lowest BCUT2D eigenvalue weighted by Gasteiger charge is -2.33. The molecule has 4 nitrogen and oxygen atoms in total. The predicted octanol–water partition coefficient (Wildman–Crippen LogP) is 1.74. The van der Waals surface area contributed by atoms with Crippen molar-refractivity contribution in [2.24, 2.45) is 0 Å². The van der Waals surface area contributed by atoms with E-state index in [0.29, 0.717) is 0 Å². The van der Waals surface area contributed by atoms with Crippen LogP contribution < -0.4 is 5.32 Å². The molecule has 2 rings (SSSR count). The van der Waals surface area contributed by atoms with Crippen molar-refractivity contribution < 1.29 is 14.3 Å². The predicted molar refractivity (Wildman–Crippen MR) is 66.9 cm³/mol. The van der Waals surface area contributed by atoms with Crippen LogP contribution in [0.15, 0.2) is 24.3 Å². The molecule has 18 heavy (non-hydrogen) atoms. The first-order chi connectivity index (χ1) is 8.58. The Morgan fingerprint density at radius 2 is 2.00 bits per heavy atom. The van der Waals surface area contributed by atoms with Gasteiger partial charge in [-0.2, -0.15) is 0 Å². The summed E-state index contributed by atoms with van der Waals surface area (Å²) in [4.78, 5) is 22.4. The number of benzene rings is 1. The molecule has 1 N–H and O–H groups in total. The van der Waals surface area contributed by atoms with E-state index in [1.165, 1.54) is 19.4 Å². The highest BCUT2D eigenvalue weighted by molar-refractivity contribution is 5.73. The zero-order chi connectivity index (χ0) is 13.1. The number of rotatable bonds is 2. The van der Waals surface area contributed by atoms with Gasteiger partial charge in [-0.1, -0.05) is 24.3 Å². The van der Waals surface area contributed by atoms with Gasteiger partial charge in [0.2, 0.25) is 5.91 Å². The summed E-state index contributed by atoms with van der Waals surface area (Å²) in [5.74, 6) is -0.427. The van der Waals surface area contributed by atoms with E-state index in [-0.39, 0.29) is 24.0 Å². The second-order valence-corrected chi connectivity index (χ2v) is 4.57. The maximum absolute atomic E-state index is 11.2. The molecule has 0 heterocycles. The van der Waals surface area contributed by atoms with E-state index >= 15 is 0 Å². The molecule has 0 bridgehead atoms. The first-order valence-electron chi connectivity index (χ1n) is 6.10. The number of nitrogens with one attached hydrogen (secondary N) is 1. The lowest BCUT2D eigenvalue weighted by molar-refractivity contribution is -0.149. The molecule has 0 spiro atoms. The van der Waals surface area contributed by atoms with Crippen LogP contribution in [0.4, 0.5) is 0 Å². The Morgan fingerprint density at radius 1 is 1.28 bits per heavy atom. The third-order valence-corrected chi connectivity index (χ3v) is 3.13. The van der Waals surface area contributed by atoms with Crippen LogP contribution in [0.25, 0.3) is 0 Å². The molecule has 0 fully saturated rings. The van der Waals surface area contributed by atoms with E-state index in [0.717, 1.165) is 18.4 Å². The molecule has 4 heteroatoms. The Labute approximate surface area is 106 Å². The number of carbonyl (C=O) groups is 2. The minimum atomic E-state index is -0.378. The third kappa shape index (κ3) is 2.70. The Morgan fingerprint density at radius 3 is 2.67 bits per heavy atom. The fourth-order valence-corrected chi connectivity index (χ4v) is 2.45. The number of hydrogen-bond acceptors (Lipinski definition) is 3. The Balaban J connectivity index is 2.30. The molecule has 0 saturated heterocycles. The van der Waals surface area contributed by atoms with Crippen molar-refractivity contribution in [2.45, 2.75) is 38.8 Å². The van der Waals surface area contributed by atoms with Crippen molar-refractivity contribution in [1.29, 1.82) is 0 Å². The molecular weight excluding hydrogens is 230 g/mol. The summed E-state index contributed by atoms with van der Waals surface area (Å²) in [6.45, 7) is 2.87. The van der Waals surface area contributed by atoms with Gasteiger partial charge in [0, 0.05) is 13.8 Å². The Kier molecular flexibility index (Phi) is 3.65. The van der Waals surface area contributed by atoms with Crippen LogP contribution in [0, 0.1) is 0 Å². The van der Waals surface area contributed by atoms with Crippen molar-refractivity contribution >= 4 is 11.9 Å². The monoisotopic (exact) mass is 247 g/mol. The molecule has 2 atom stereocenters. The van der Waals surface area contributed by atoms with E-state index in [1.807, 2.05) is 24.3 Å². The molecule has 1 aliphatic carbocycles. The van der Waals surface area contributed by atoms with Gasteiger partial charge in [0.25, 0.3) is 0 Å². The molecule has 0 saturated carbocycles. The number of esters is 1. The van der Waals surface area contributed by atoms with Gasteiger partial charge < -0.3 is 10.1 Å². The average molecular weight is 247 g/mol. The first-order valence-corrected chi connectivity index (χ1v) is 6.10. The zero-order valence-electron chi connectivity index (χ0n) is 10.6. The summed E-state index contributed by atoms with van der Waals surface area (Å²) < 4.78 is 5.38. The molecular formula is C14H17NO3. The second kappa shape index (κ2) is 5.21. The van der Waals surface area contributed by atoms with E-state index in [4.69, 9.17) is 4.74 Å². The number of aryl methyl sites for hydroxylation is 1.